The van der Waals surface area contributed by atoms with Crippen LogP contribution in [-0.2, 0) is 4.79 Å². The molecule has 0 atom stereocenters. The van der Waals surface area contributed by atoms with Crippen LogP contribution in [-0.4, -0.2) is 19.1 Å². The molecule has 1 aromatic carbocycles. The maximum atomic E-state index is 11.8. The lowest BCUT2D eigenvalue weighted by Gasteiger charge is -2.25. The fourth-order valence-electron chi connectivity index (χ4n) is 2.50. The van der Waals surface area contributed by atoms with E-state index in [1.165, 1.54) is 0 Å². The largest absolute Gasteiger partial charge is 0.494 e. The number of benzene rings is 1. The van der Waals surface area contributed by atoms with Crippen molar-refractivity contribution in [3.63, 3.8) is 0 Å². The third kappa shape index (κ3) is 7.16. The minimum absolute atomic E-state index is 0.123. The first-order valence-corrected chi connectivity index (χ1v) is 7.95. The summed E-state index contributed by atoms with van der Waals surface area (Å²) < 4.78 is 5.58. The maximum absolute atomic E-state index is 11.8. The first-order chi connectivity index (χ1) is 10.0. The van der Waals surface area contributed by atoms with Crippen LogP contribution < -0.4 is 10.1 Å². The average Bonchev–Trinajstić information content (AvgIpc) is 2.44. The van der Waals surface area contributed by atoms with E-state index >= 15 is 0 Å². The van der Waals surface area contributed by atoms with Crippen LogP contribution in [0.15, 0.2) is 30.3 Å². The van der Waals surface area contributed by atoms with E-state index < -0.39 is 0 Å². The molecule has 0 fully saturated rings. The summed E-state index contributed by atoms with van der Waals surface area (Å²) in [6.45, 7) is 10.2. The Balaban J connectivity index is 2.16. The van der Waals surface area contributed by atoms with Gasteiger partial charge in [-0.3, -0.25) is 4.79 Å². The van der Waals surface area contributed by atoms with Gasteiger partial charge < -0.3 is 10.1 Å². The molecule has 3 heteroatoms. The van der Waals surface area contributed by atoms with Crippen molar-refractivity contribution < 1.29 is 9.53 Å². The van der Waals surface area contributed by atoms with Gasteiger partial charge in [0.05, 0.1) is 6.61 Å². The van der Waals surface area contributed by atoms with Crippen molar-refractivity contribution in [3.05, 3.63) is 30.3 Å². The molecule has 0 saturated carbocycles. The second-order valence-corrected chi connectivity index (χ2v) is 6.22. The summed E-state index contributed by atoms with van der Waals surface area (Å²) in [5, 5.41) is 3.05. The third-order valence-electron chi connectivity index (χ3n) is 3.81. The Kier molecular flexibility index (Phi) is 7.88. The van der Waals surface area contributed by atoms with Gasteiger partial charge in [-0.2, -0.15) is 0 Å². The molecule has 0 bridgehead atoms. The van der Waals surface area contributed by atoms with Gasteiger partial charge in [-0.05, 0) is 36.3 Å². The lowest BCUT2D eigenvalue weighted by Crippen LogP contribution is -2.33. The van der Waals surface area contributed by atoms with E-state index in [4.69, 9.17) is 4.74 Å². The number of carbonyl (C=O) groups is 1. The van der Waals surface area contributed by atoms with Crippen LogP contribution in [0.5, 0.6) is 5.75 Å². The summed E-state index contributed by atoms with van der Waals surface area (Å²) >= 11 is 0. The van der Waals surface area contributed by atoms with Crippen molar-refractivity contribution in [3.8, 4) is 5.75 Å². The monoisotopic (exact) mass is 291 g/mol. The summed E-state index contributed by atoms with van der Waals surface area (Å²) in [5.41, 5.74) is 0. The zero-order chi connectivity index (χ0) is 15.7. The minimum Gasteiger partial charge on any atom is -0.494 e. The molecule has 1 rings (SSSR count). The van der Waals surface area contributed by atoms with Crippen molar-refractivity contribution in [1.29, 1.82) is 0 Å². The predicted molar refractivity (Wildman–Crippen MR) is 87.3 cm³/mol. The van der Waals surface area contributed by atoms with Crippen molar-refractivity contribution in [2.75, 3.05) is 13.2 Å². The number of amides is 1. The zero-order valence-corrected chi connectivity index (χ0v) is 13.8. The van der Waals surface area contributed by atoms with E-state index in [0.29, 0.717) is 30.8 Å². The van der Waals surface area contributed by atoms with Crippen LogP contribution in [0.3, 0.4) is 0 Å². The topological polar surface area (TPSA) is 38.3 Å². The highest BCUT2D eigenvalue weighted by atomic mass is 16.5. The zero-order valence-electron chi connectivity index (χ0n) is 13.8. The molecule has 0 heterocycles. The van der Waals surface area contributed by atoms with Gasteiger partial charge in [0.2, 0.25) is 5.91 Å². The van der Waals surface area contributed by atoms with Crippen LogP contribution in [0, 0.1) is 17.8 Å². The van der Waals surface area contributed by atoms with Crippen molar-refractivity contribution >= 4 is 5.91 Å². The SMILES string of the molecule is CC(C)C(CNC(=O)CCCOc1ccccc1)C(C)C. The van der Waals surface area contributed by atoms with Gasteiger partial charge in [0, 0.05) is 13.0 Å². The molecule has 0 aliphatic carbocycles. The fraction of sp³-hybridized carbons (Fsp3) is 0.611. The molecular formula is C18H29NO2. The second kappa shape index (κ2) is 9.43. The summed E-state index contributed by atoms with van der Waals surface area (Å²) in [4.78, 5) is 11.8. The van der Waals surface area contributed by atoms with Crippen molar-refractivity contribution in [2.24, 2.45) is 17.8 Å². The summed E-state index contributed by atoms with van der Waals surface area (Å²) in [7, 11) is 0. The standard InChI is InChI=1S/C18H29NO2/c1-14(2)17(15(3)4)13-19-18(20)11-8-12-21-16-9-6-5-7-10-16/h5-7,9-10,14-15,17H,8,11-13H2,1-4H3,(H,19,20). The lowest BCUT2D eigenvalue weighted by atomic mass is 9.85. The molecule has 0 radical (unpaired) electrons. The quantitative estimate of drug-likeness (QED) is 0.701. The molecule has 21 heavy (non-hydrogen) atoms. The molecule has 0 aromatic heterocycles. The van der Waals surface area contributed by atoms with E-state index in [1.807, 2.05) is 30.3 Å². The minimum atomic E-state index is 0.123. The number of ether oxygens (including phenoxy) is 1. The number of carbonyl (C=O) groups excluding carboxylic acids is 1. The molecule has 1 aromatic rings. The fourth-order valence-corrected chi connectivity index (χ4v) is 2.50. The molecule has 0 unspecified atom stereocenters. The lowest BCUT2D eigenvalue weighted by molar-refractivity contribution is -0.121. The van der Waals surface area contributed by atoms with Gasteiger partial charge >= 0.3 is 0 Å². The van der Waals surface area contributed by atoms with Gasteiger partial charge in [-0.25, -0.2) is 0 Å². The Morgan fingerprint density at radius 2 is 1.71 bits per heavy atom. The van der Waals surface area contributed by atoms with Gasteiger partial charge in [0.25, 0.3) is 0 Å². The Bertz CT molecular complexity index is 393. The summed E-state index contributed by atoms with van der Waals surface area (Å²) in [6.07, 6.45) is 1.27. The van der Waals surface area contributed by atoms with E-state index in [0.717, 1.165) is 18.7 Å². The molecule has 0 spiro atoms. The van der Waals surface area contributed by atoms with E-state index in [2.05, 4.69) is 33.0 Å². The van der Waals surface area contributed by atoms with Crippen LogP contribution in [0.25, 0.3) is 0 Å². The second-order valence-electron chi connectivity index (χ2n) is 6.22. The molecular weight excluding hydrogens is 262 g/mol. The van der Waals surface area contributed by atoms with Gasteiger partial charge in [-0.15, -0.1) is 0 Å². The van der Waals surface area contributed by atoms with Crippen LogP contribution in [0.1, 0.15) is 40.5 Å². The molecule has 3 nitrogen and oxygen atoms in total. The van der Waals surface area contributed by atoms with E-state index in [1.54, 1.807) is 0 Å². The molecule has 0 saturated heterocycles. The highest BCUT2D eigenvalue weighted by molar-refractivity contribution is 5.75. The highest BCUT2D eigenvalue weighted by Gasteiger charge is 2.17. The molecule has 1 N–H and O–H groups in total. The number of hydrogen-bond donors (Lipinski definition) is 1. The number of hydrogen-bond acceptors (Lipinski definition) is 2. The first-order valence-electron chi connectivity index (χ1n) is 7.95. The van der Waals surface area contributed by atoms with E-state index in [-0.39, 0.29) is 5.91 Å². The molecule has 0 aliphatic heterocycles. The van der Waals surface area contributed by atoms with Crippen molar-refractivity contribution in [1.82, 2.24) is 5.32 Å². The summed E-state index contributed by atoms with van der Waals surface area (Å²) in [6, 6.07) is 9.70. The summed E-state index contributed by atoms with van der Waals surface area (Å²) in [5.74, 6) is 2.70. The molecule has 118 valence electrons. The smallest absolute Gasteiger partial charge is 0.220 e. The number of rotatable bonds is 9. The Labute approximate surface area is 129 Å². The number of nitrogens with one attached hydrogen (secondary N) is 1. The Hall–Kier alpha value is -1.51. The van der Waals surface area contributed by atoms with Gasteiger partial charge in [0.15, 0.2) is 0 Å². The first kappa shape index (κ1) is 17.5. The van der Waals surface area contributed by atoms with Crippen LogP contribution in [0.4, 0.5) is 0 Å². The van der Waals surface area contributed by atoms with Gasteiger partial charge in [-0.1, -0.05) is 45.9 Å². The molecule has 0 aliphatic rings. The maximum Gasteiger partial charge on any atom is 0.220 e. The Morgan fingerprint density at radius 3 is 2.29 bits per heavy atom. The average molecular weight is 291 g/mol. The predicted octanol–water partition coefficient (Wildman–Crippen LogP) is 3.89. The van der Waals surface area contributed by atoms with Crippen LogP contribution in [0.2, 0.25) is 0 Å². The van der Waals surface area contributed by atoms with Crippen LogP contribution >= 0.6 is 0 Å². The van der Waals surface area contributed by atoms with Crippen molar-refractivity contribution in [2.45, 2.75) is 40.5 Å². The highest BCUT2D eigenvalue weighted by Crippen LogP contribution is 2.19. The van der Waals surface area contributed by atoms with E-state index in [9.17, 15) is 4.79 Å². The molecule has 1 amide bonds. The normalized spacial score (nSPS) is 11.2. The number of para-hydroxylation sites is 1. The third-order valence-corrected chi connectivity index (χ3v) is 3.81. The Morgan fingerprint density at radius 1 is 1.10 bits per heavy atom. The van der Waals surface area contributed by atoms with Gasteiger partial charge in [0.1, 0.15) is 5.75 Å².